The third kappa shape index (κ3) is 6.64. The number of benzene rings is 2. The fourth-order valence-electron chi connectivity index (χ4n) is 3.43. The lowest BCUT2D eigenvalue weighted by atomic mass is 10.2. The Morgan fingerprint density at radius 3 is 2.49 bits per heavy atom. The lowest BCUT2D eigenvalue weighted by Gasteiger charge is -2.15. The highest BCUT2D eigenvalue weighted by Gasteiger charge is 2.39. The van der Waals surface area contributed by atoms with Crippen molar-refractivity contribution in [2.24, 2.45) is 4.99 Å². The molecular weight excluding hydrogens is 482 g/mol. The topological polar surface area (TPSA) is 80.2 Å². The Morgan fingerprint density at radius 1 is 1.09 bits per heavy atom. The summed E-state index contributed by atoms with van der Waals surface area (Å²) in [5.74, 6) is 1.16. The average Bonchev–Trinajstić information content (AvgIpc) is 3.48. The quantitative estimate of drug-likeness (QED) is 0.379. The molecule has 9 heteroatoms. The second-order valence-electron chi connectivity index (χ2n) is 7.83. The van der Waals surface area contributed by atoms with E-state index in [1.807, 2.05) is 60.8 Å². The summed E-state index contributed by atoms with van der Waals surface area (Å²) >= 11 is 2.91. The molecule has 1 saturated heterocycles. The fourth-order valence-corrected chi connectivity index (χ4v) is 5.28. The van der Waals surface area contributed by atoms with E-state index in [1.165, 1.54) is 11.8 Å². The Labute approximate surface area is 213 Å². The van der Waals surface area contributed by atoms with Gasteiger partial charge in [0.1, 0.15) is 16.7 Å². The van der Waals surface area contributed by atoms with Crippen LogP contribution < -0.4 is 14.8 Å². The van der Waals surface area contributed by atoms with E-state index in [1.54, 1.807) is 35.5 Å². The number of nitrogens with one attached hydrogen (secondary N) is 1. The Bertz CT molecular complexity index is 1160. The molecule has 0 radical (unpaired) electrons. The predicted molar refractivity (Wildman–Crippen MR) is 142 cm³/mol. The first-order valence-corrected chi connectivity index (χ1v) is 13.1. The summed E-state index contributed by atoms with van der Waals surface area (Å²) in [4.78, 5) is 33.5. The van der Waals surface area contributed by atoms with E-state index in [-0.39, 0.29) is 18.2 Å². The van der Waals surface area contributed by atoms with E-state index in [2.05, 4.69) is 5.32 Å². The number of carbonyl (C=O) groups is 2. The Hall–Kier alpha value is -3.30. The van der Waals surface area contributed by atoms with Crippen LogP contribution in [0.5, 0.6) is 11.5 Å². The lowest BCUT2D eigenvalue weighted by Crippen LogP contribution is -2.32. The number of hydrogen-bond donors (Lipinski definition) is 1. The van der Waals surface area contributed by atoms with E-state index in [0.29, 0.717) is 29.7 Å². The van der Waals surface area contributed by atoms with Gasteiger partial charge in [-0.05, 0) is 66.4 Å². The molecule has 0 aliphatic carbocycles. The van der Waals surface area contributed by atoms with E-state index >= 15 is 0 Å². The van der Waals surface area contributed by atoms with Gasteiger partial charge in [-0.15, -0.1) is 11.3 Å². The van der Waals surface area contributed by atoms with Crippen molar-refractivity contribution in [2.45, 2.75) is 31.6 Å². The van der Waals surface area contributed by atoms with Gasteiger partial charge in [0.15, 0.2) is 5.17 Å². The maximum atomic E-state index is 13.3. The van der Waals surface area contributed by atoms with E-state index < -0.39 is 5.25 Å². The van der Waals surface area contributed by atoms with Crippen LogP contribution in [0.1, 0.15) is 24.6 Å². The molecule has 0 spiro atoms. The Morgan fingerprint density at radius 2 is 1.83 bits per heavy atom. The van der Waals surface area contributed by atoms with E-state index in [4.69, 9.17) is 14.5 Å². The van der Waals surface area contributed by atoms with Crippen molar-refractivity contribution in [3.8, 4) is 11.5 Å². The van der Waals surface area contributed by atoms with Crippen LogP contribution in [0.2, 0.25) is 0 Å². The van der Waals surface area contributed by atoms with E-state index in [0.717, 1.165) is 22.8 Å². The maximum absolute atomic E-state index is 13.3. The molecule has 1 fully saturated rings. The summed E-state index contributed by atoms with van der Waals surface area (Å²) in [6, 6.07) is 18.5. The number of hydrogen-bond acceptors (Lipinski definition) is 7. The largest absolute Gasteiger partial charge is 0.497 e. The number of nitrogens with zero attached hydrogens (tertiary/aromatic N) is 2. The summed E-state index contributed by atoms with van der Waals surface area (Å²) in [5.41, 5.74) is 1.38. The van der Waals surface area contributed by atoms with Crippen LogP contribution in [0.4, 0.5) is 11.4 Å². The number of rotatable bonds is 10. The zero-order valence-corrected chi connectivity index (χ0v) is 21.2. The van der Waals surface area contributed by atoms with Crippen LogP contribution in [0.3, 0.4) is 0 Å². The predicted octanol–water partition coefficient (Wildman–Crippen LogP) is 5.71. The molecule has 0 saturated carbocycles. The number of anilines is 1. The van der Waals surface area contributed by atoms with Crippen LogP contribution in [0, 0.1) is 0 Å². The van der Waals surface area contributed by atoms with Gasteiger partial charge < -0.3 is 14.8 Å². The van der Waals surface area contributed by atoms with Crippen molar-refractivity contribution in [3.63, 3.8) is 0 Å². The second-order valence-corrected chi connectivity index (χ2v) is 10.0. The van der Waals surface area contributed by atoms with Crippen molar-refractivity contribution in [1.82, 2.24) is 4.90 Å². The number of ether oxygens (including phenoxy) is 2. The van der Waals surface area contributed by atoms with Crippen LogP contribution >= 0.6 is 23.1 Å². The molecule has 1 N–H and O–H groups in total. The Balaban J connectivity index is 1.45. The van der Waals surface area contributed by atoms with Gasteiger partial charge in [-0.2, -0.15) is 0 Å². The first-order chi connectivity index (χ1) is 17.1. The number of thiophene rings is 1. The number of amides is 2. The summed E-state index contributed by atoms with van der Waals surface area (Å²) in [6.45, 7) is 3.12. The highest BCUT2D eigenvalue weighted by atomic mass is 32.2. The summed E-state index contributed by atoms with van der Waals surface area (Å²) < 4.78 is 10.8. The van der Waals surface area contributed by atoms with Crippen molar-refractivity contribution in [1.29, 1.82) is 0 Å². The van der Waals surface area contributed by atoms with Crippen LogP contribution in [-0.4, -0.2) is 40.8 Å². The molecule has 2 amide bonds. The highest BCUT2D eigenvalue weighted by molar-refractivity contribution is 8.15. The number of thioether (sulfide) groups is 1. The van der Waals surface area contributed by atoms with Crippen molar-refractivity contribution in [3.05, 3.63) is 70.9 Å². The van der Waals surface area contributed by atoms with Crippen molar-refractivity contribution < 1.29 is 19.1 Å². The monoisotopic (exact) mass is 509 g/mol. The standard InChI is InChI=1S/C26H27N3O4S2/c1-3-14-33-21-12-8-18(9-13-21)27-24(30)16-23-25(31)29(17-22-5-4-15-34-22)26(35-23)28-19-6-10-20(32-2)11-7-19/h4-13,15,23H,3,14,16-17H2,1-2H3,(H,27,30). The van der Waals surface area contributed by atoms with E-state index in [9.17, 15) is 9.59 Å². The van der Waals surface area contributed by atoms with Crippen LogP contribution in [-0.2, 0) is 16.1 Å². The molecule has 1 aliphatic rings. The van der Waals surface area contributed by atoms with Gasteiger partial charge >= 0.3 is 0 Å². The normalized spacial score (nSPS) is 16.5. The first-order valence-electron chi connectivity index (χ1n) is 11.3. The molecule has 0 bridgehead atoms. The van der Waals surface area contributed by atoms with Gasteiger partial charge in [0.25, 0.3) is 0 Å². The number of carbonyl (C=O) groups excluding carboxylic acids is 2. The molecule has 35 heavy (non-hydrogen) atoms. The minimum atomic E-state index is -0.542. The SMILES string of the molecule is CCCOc1ccc(NC(=O)CC2SC(=Nc3ccc(OC)cc3)N(Cc3cccs3)C2=O)cc1. The molecule has 7 nitrogen and oxygen atoms in total. The molecule has 1 atom stereocenters. The summed E-state index contributed by atoms with van der Waals surface area (Å²) in [6.07, 6.45) is 0.985. The van der Waals surface area contributed by atoms with Gasteiger partial charge in [-0.3, -0.25) is 14.5 Å². The molecule has 1 aromatic heterocycles. The maximum Gasteiger partial charge on any atom is 0.243 e. The van der Waals surface area contributed by atoms with Crippen LogP contribution in [0.15, 0.2) is 71.0 Å². The third-order valence-corrected chi connectivity index (χ3v) is 7.23. The minimum Gasteiger partial charge on any atom is -0.497 e. The average molecular weight is 510 g/mol. The van der Waals surface area contributed by atoms with Gasteiger partial charge in [0.2, 0.25) is 11.8 Å². The number of amidine groups is 1. The van der Waals surface area contributed by atoms with Crippen LogP contribution in [0.25, 0.3) is 0 Å². The molecular formula is C26H27N3O4S2. The second kappa shape index (κ2) is 11.9. The van der Waals surface area contributed by atoms with Crippen molar-refractivity contribution >= 4 is 51.5 Å². The van der Waals surface area contributed by atoms with Crippen molar-refractivity contribution in [2.75, 3.05) is 19.0 Å². The highest BCUT2D eigenvalue weighted by Crippen LogP contribution is 2.34. The van der Waals surface area contributed by atoms with Gasteiger partial charge in [-0.1, -0.05) is 24.8 Å². The molecule has 182 valence electrons. The number of aliphatic imine (C=N–C) groups is 1. The number of methoxy groups -OCH3 is 1. The zero-order chi connectivity index (χ0) is 24.6. The summed E-state index contributed by atoms with van der Waals surface area (Å²) in [5, 5.41) is 4.90. The Kier molecular flexibility index (Phi) is 8.44. The molecule has 2 aromatic carbocycles. The van der Waals surface area contributed by atoms with Gasteiger partial charge in [0.05, 0.1) is 25.9 Å². The molecule has 1 unspecified atom stereocenters. The lowest BCUT2D eigenvalue weighted by molar-refractivity contribution is -0.128. The summed E-state index contributed by atoms with van der Waals surface area (Å²) in [7, 11) is 1.61. The molecule has 2 heterocycles. The zero-order valence-electron chi connectivity index (χ0n) is 19.6. The van der Waals surface area contributed by atoms with Gasteiger partial charge in [0, 0.05) is 17.0 Å². The third-order valence-electron chi connectivity index (χ3n) is 5.19. The fraction of sp³-hybridized carbons (Fsp3) is 0.269. The molecule has 4 rings (SSSR count). The smallest absolute Gasteiger partial charge is 0.243 e. The molecule has 3 aromatic rings. The molecule has 1 aliphatic heterocycles. The minimum absolute atomic E-state index is 0.0557. The van der Waals surface area contributed by atoms with Gasteiger partial charge in [-0.25, -0.2) is 4.99 Å². The first kappa shape index (κ1) is 24.8.